The highest BCUT2D eigenvalue weighted by molar-refractivity contribution is 6.31. The van der Waals surface area contributed by atoms with Crippen LogP contribution in [0.3, 0.4) is 0 Å². The Morgan fingerprint density at radius 1 is 1.40 bits per heavy atom. The van der Waals surface area contributed by atoms with E-state index in [0.717, 1.165) is 6.42 Å². The molecule has 0 fully saturated rings. The first-order valence-electron chi connectivity index (χ1n) is 6.15. The van der Waals surface area contributed by atoms with Crippen molar-refractivity contribution in [3.05, 3.63) is 38.9 Å². The number of hydrogen-bond donors (Lipinski definition) is 1. The molecule has 0 bridgehead atoms. The van der Waals surface area contributed by atoms with Crippen LogP contribution in [0.4, 0.5) is 5.69 Å². The number of non-ortho nitro benzene ring substituents is 1. The number of rotatable bonds is 6. The van der Waals surface area contributed by atoms with Gasteiger partial charge in [0.1, 0.15) is 0 Å². The third-order valence-electron chi connectivity index (χ3n) is 2.63. The van der Waals surface area contributed by atoms with Crippen molar-refractivity contribution in [2.24, 2.45) is 5.92 Å². The minimum Gasteiger partial charge on any atom is -0.348 e. The third-order valence-corrected chi connectivity index (χ3v) is 3.22. The van der Waals surface area contributed by atoms with E-state index in [9.17, 15) is 14.9 Å². The Hall–Kier alpha value is -1.33. The summed E-state index contributed by atoms with van der Waals surface area (Å²) in [5.74, 6) is 0.252. The number of halogens is 2. The molecule has 1 aromatic carbocycles. The molecule has 0 aliphatic carbocycles. The molecule has 5 nitrogen and oxygen atoms in total. The minimum absolute atomic E-state index is 0.149. The molecule has 1 unspecified atom stereocenters. The van der Waals surface area contributed by atoms with E-state index in [1.165, 1.54) is 18.2 Å². The monoisotopic (exact) mass is 318 g/mol. The van der Waals surface area contributed by atoms with E-state index in [-0.39, 0.29) is 28.2 Å². The van der Waals surface area contributed by atoms with Gasteiger partial charge in [-0.2, -0.15) is 0 Å². The SMILES string of the molecule is CC(C)CC(CCl)NC(=O)c1cc(Cl)cc([N+](=O)[O-])c1. The van der Waals surface area contributed by atoms with Crippen molar-refractivity contribution in [1.82, 2.24) is 5.32 Å². The highest BCUT2D eigenvalue weighted by Crippen LogP contribution is 2.21. The number of nitrogens with one attached hydrogen (secondary N) is 1. The molecule has 0 aliphatic rings. The number of hydrogen-bond acceptors (Lipinski definition) is 3. The zero-order chi connectivity index (χ0) is 15.3. The lowest BCUT2D eigenvalue weighted by Crippen LogP contribution is -2.37. The summed E-state index contributed by atoms with van der Waals surface area (Å²) < 4.78 is 0. The lowest BCUT2D eigenvalue weighted by atomic mass is 10.0. The van der Waals surface area contributed by atoms with Gasteiger partial charge in [-0.25, -0.2) is 0 Å². The van der Waals surface area contributed by atoms with Crippen LogP contribution in [0.15, 0.2) is 18.2 Å². The Morgan fingerprint density at radius 3 is 2.55 bits per heavy atom. The van der Waals surface area contributed by atoms with Crippen molar-refractivity contribution < 1.29 is 9.72 Å². The summed E-state index contributed by atoms with van der Waals surface area (Å²) >= 11 is 11.6. The van der Waals surface area contributed by atoms with Crippen LogP contribution < -0.4 is 5.32 Å². The molecule has 20 heavy (non-hydrogen) atoms. The summed E-state index contributed by atoms with van der Waals surface area (Å²) in [4.78, 5) is 22.2. The van der Waals surface area contributed by atoms with Gasteiger partial charge in [-0.15, -0.1) is 11.6 Å². The van der Waals surface area contributed by atoms with Crippen molar-refractivity contribution in [3.63, 3.8) is 0 Å². The van der Waals surface area contributed by atoms with Gasteiger partial charge in [-0.05, 0) is 18.4 Å². The van der Waals surface area contributed by atoms with E-state index in [2.05, 4.69) is 5.32 Å². The number of nitro benzene ring substituents is 1. The third kappa shape index (κ3) is 4.98. The first-order chi connectivity index (χ1) is 9.33. The van der Waals surface area contributed by atoms with Crippen LogP contribution in [0.5, 0.6) is 0 Å². The molecule has 0 heterocycles. The largest absolute Gasteiger partial charge is 0.348 e. The quantitative estimate of drug-likeness (QED) is 0.494. The van der Waals surface area contributed by atoms with E-state index in [0.29, 0.717) is 5.92 Å². The molecule has 0 saturated carbocycles. The molecule has 0 aromatic heterocycles. The van der Waals surface area contributed by atoms with Crippen LogP contribution in [0.2, 0.25) is 5.02 Å². The fourth-order valence-corrected chi connectivity index (χ4v) is 2.24. The smallest absolute Gasteiger partial charge is 0.271 e. The molecule has 110 valence electrons. The summed E-state index contributed by atoms with van der Waals surface area (Å²) in [6, 6.07) is 3.61. The maximum absolute atomic E-state index is 12.1. The number of alkyl halides is 1. The van der Waals surface area contributed by atoms with Crippen molar-refractivity contribution in [2.45, 2.75) is 26.3 Å². The minimum atomic E-state index is -0.587. The second-order valence-electron chi connectivity index (χ2n) is 4.91. The summed E-state index contributed by atoms with van der Waals surface area (Å²) in [5.41, 5.74) is -0.0583. The van der Waals surface area contributed by atoms with Gasteiger partial charge in [0.15, 0.2) is 0 Å². The molecule has 7 heteroatoms. The van der Waals surface area contributed by atoms with Gasteiger partial charge in [-0.1, -0.05) is 25.4 Å². The molecule has 1 atom stereocenters. The van der Waals surface area contributed by atoms with Crippen molar-refractivity contribution in [3.8, 4) is 0 Å². The maximum atomic E-state index is 12.1. The highest BCUT2D eigenvalue weighted by Gasteiger charge is 2.17. The van der Waals surface area contributed by atoms with Gasteiger partial charge in [0.05, 0.1) is 4.92 Å². The molecule has 1 aromatic rings. The van der Waals surface area contributed by atoms with E-state index in [1.807, 2.05) is 13.8 Å². The normalized spacial score (nSPS) is 12.2. The molecule has 1 rings (SSSR count). The first-order valence-corrected chi connectivity index (χ1v) is 7.06. The standard InChI is InChI=1S/C13H16Cl2N2O3/c1-8(2)3-11(7-14)16-13(18)9-4-10(15)6-12(5-9)17(19)20/h4-6,8,11H,3,7H2,1-2H3,(H,16,18). The van der Waals surface area contributed by atoms with Crippen LogP contribution in [-0.2, 0) is 0 Å². The Bertz CT molecular complexity index is 506. The van der Waals surface area contributed by atoms with E-state index >= 15 is 0 Å². The summed E-state index contributed by atoms with van der Waals surface area (Å²) in [5, 5.41) is 13.7. The van der Waals surface area contributed by atoms with Crippen molar-refractivity contribution in [2.75, 3.05) is 5.88 Å². The maximum Gasteiger partial charge on any atom is 0.271 e. The van der Waals surface area contributed by atoms with E-state index in [1.54, 1.807) is 0 Å². The van der Waals surface area contributed by atoms with Crippen molar-refractivity contribution >= 4 is 34.8 Å². The number of carbonyl (C=O) groups excluding carboxylic acids is 1. The zero-order valence-corrected chi connectivity index (χ0v) is 12.7. The molecule has 0 spiro atoms. The van der Waals surface area contributed by atoms with Crippen LogP contribution in [0, 0.1) is 16.0 Å². The lowest BCUT2D eigenvalue weighted by Gasteiger charge is -2.18. The van der Waals surface area contributed by atoms with E-state index in [4.69, 9.17) is 23.2 Å². The van der Waals surface area contributed by atoms with Gasteiger partial charge in [0.25, 0.3) is 11.6 Å². The van der Waals surface area contributed by atoms with Crippen LogP contribution >= 0.6 is 23.2 Å². The van der Waals surface area contributed by atoms with Gasteiger partial charge in [0.2, 0.25) is 0 Å². The predicted molar refractivity (Wildman–Crippen MR) is 79.5 cm³/mol. The Labute approximate surface area is 127 Å². The van der Waals surface area contributed by atoms with Crippen LogP contribution in [0.1, 0.15) is 30.6 Å². The fraction of sp³-hybridized carbons (Fsp3) is 0.462. The average Bonchev–Trinajstić information content (AvgIpc) is 2.36. The molecular formula is C13H16Cl2N2O3. The van der Waals surface area contributed by atoms with E-state index < -0.39 is 10.8 Å². The zero-order valence-electron chi connectivity index (χ0n) is 11.2. The van der Waals surface area contributed by atoms with Gasteiger partial charge < -0.3 is 5.32 Å². The van der Waals surface area contributed by atoms with Gasteiger partial charge >= 0.3 is 0 Å². The molecule has 1 amide bonds. The summed E-state index contributed by atoms with van der Waals surface area (Å²) in [6.07, 6.45) is 0.734. The molecule has 0 radical (unpaired) electrons. The summed E-state index contributed by atoms with van der Waals surface area (Å²) in [6.45, 7) is 4.05. The van der Waals surface area contributed by atoms with Gasteiger partial charge in [0, 0.05) is 34.6 Å². The first kappa shape index (κ1) is 16.7. The highest BCUT2D eigenvalue weighted by atomic mass is 35.5. The second kappa shape index (κ2) is 7.45. The number of amides is 1. The Kier molecular flexibility index (Phi) is 6.23. The summed E-state index contributed by atoms with van der Waals surface area (Å²) in [7, 11) is 0. The topological polar surface area (TPSA) is 72.2 Å². The fourth-order valence-electron chi connectivity index (χ4n) is 1.81. The number of nitro groups is 1. The Morgan fingerprint density at radius 2 is 2.05 bits per heavy atom. The molecule has 0 aliphatic heterocycles. The van der Waals surface area contributed by atoms with Crippen molar-refractivity contribution in [1.29, 1.82) is 0 Å². The van der Waals surface area contributed by atoms with Gasteiger partial charge in [-0.3, -0.25) is 14.9 Å². The number of carbonyl (C=O) groups is 1. The molecule has 0 saturated heterocycles. The molecular weight excluding hydrogens is 303 g/mol. The van der Waals surface area contributed by atoms with Crippen LogP contribution in [0.25, 0.3) is 0 Å². The van der Waals surface area contributed by atoms with Crippen LogP contribution in [-0.4, -0.2) is 22.8 Å². The average molecular weight is 319 g/mol. The molecule has 1 N–H and O–H groups in total. The number of benzene rings is 1. The number of nitrogens with zero attached hydrogens (tertiary/aromatic N) is 1. The second-order valence-corrected chi connectivity index (χ2v) is 5.65. The lowest BCUT2D eigenvalue weighted by molar-refractivity contribution is -0.384. The Balaban J connectivity index is 2.88. The predicted octanol–water partition coefficient (Wildman–Crippen LogP) is 3.63.